The van der Waals surface area contributed by atoms with Gasteiger partial charge in [-0.05, 0) is 32.4 Å². The van der Waals surface area contributed by atoms with Crippen molar-refractivity contribution in [3.8, 4) is 0 Å². The van der Waals surface area contributed by atoms with Crippen LogP contribution in [0.15, 0.2) is 11.8 Å². The summed E-state index contributed by atoms with van der Waals surface area (Å²) in [7, 11) is 0. The molecule has 0 heterocycles. The van der Waals surface area contributed by atoms with Crippen LogP contribution >= 0.6 is 0 Å². The van der Waals surface area contributed by atoms with Crippen molar-refractivity contribution in [2.75, 3.05) is 6.54 Å². The lowest BCUT2D eigenvalue weighted by atomic mass is 10.3. The minimum absolute atomic E-state index is 0. The Balaban J connectivity index is -0.0000000379. The zero-order valence-electron chi connectivity index (χ0n) is 16.3. The van der Waals surface area contributed by atoms with E-state index in [1.807, 2.05) is 41.5 Å². The predicted molar refractivity (Wildman–Crippen MR) is 104 cm³/mol. The first-order valence-electron chi connectivity index (χ1n) is 8.37. The molecule has 0 saturated carbocycles. The highest BCUT2D eigenvalue weighted by atomic mass is 14.8. The van der Waals surface area contributed by atoms with E-state index in [2.05, 4.69) is 53.1 Å². The predicted octanol–water partition coefficient (Wildman–Crippen LogP) is 7.68. The van der Waals surface area contributed by atoms with Crippen molar-refractivity contribution >= 4 is 0 Å². The van der Waals surface area contributed by atoms with Gasteiger partial charge in [0.2, 0.25) is 0 Å². The van der Waals surface area contributed by atoms with Crippen LogP contribution in [-0.4, -0.2) is 6.54 Å². The first-order valence-corrected chi connectivity index (χ1v) is 8.37. The summed E-state index contributed by atoms with van der Waals surface area (Å²) in [5.41, 5.74) is 1.34. The van der Waals surface area contributed by atoms with E-state index in [-0.39, 0.29) is 7.43 Å². The van der Waals surface area contributed by atoms with Gasteiger partial charge in [0.05, 0.1) is 0 Å². The van der Waals surface area contributed by atoms with Crippen LogP contribution in [0.3, 0.4) is 0 Å². The molecule has 0 amide bonds. The molecular formula is C19H49N. The molecule has 0 bridgehead atoms. The average molecular weight is 292 g/mol. The van der Waals surface area contributed by atoms with E-state index in [1.165, 1.54) is 18.4 Å². The van der Waals surface area contributed by atoms with Gasteiger partial charge in [-0.3, -0.25) is 0 Å². The Morgan fingerprint density at radius 1 is 0.900 bits per heavy atom. The fraction of sp³-hybridized carbons (Fsp3) is 0.895. The van der Waals surface area contributed by atoms with Crippen LogP contribution < -0.4 is 5.32 Å². The van der Waals surface area contributed by atoms with Crippen LogP contribution in [-0.2, 0) is 0 Å². The van der Waals surface area contributed by atoms with Crippen LogP contribution in [0.4, 0.5) is 0 Å². The first-order chi connectivity index (χ1) is 9.00. The van der Waals surface area contributed by atoms with E-state index in [9.17, 15) is 0 Å². The number of hydrogen-bond acceptors (Lipinski definition) is 1. The normalized spacial score (nSPS) is 6.65. The Kier molecular flexibility index (Phi) is 94.1. The first kappa shape index (κ1) is 36.6. The average Bonchev–Trinajstić information content (AvgIpc) is 2.41. The zero-order valence-corrected chi connectivity index (χ0v) is 16.3. The van der Waals surface area contributed by atoms with Gasteiger partial charge in [-0.15, -0.1) is 0 Å². The molecule has 0 unspecified atom stereocenters. The molecular weight excluding hydrogens is 242 g/mol. The third-order valence-corrected chi connectivity index (χ3v) is 1.07. The molecule has 0 spiro atoms. The van der Waals surface area contributed by atoms with Crippen molar-refractivity contribution in [3.63, 3.8) is 0 Å². The Hall–Kier alpha value is -0.460. The van der Waals surface area contributed by atoms with E-state index < -0.39 is 0 Å². The number of unbranched alkanes of at least 4 members (excludes halogenated alkanes) is 1. The Bertz CT molecular complexity index is 108. The number of allylic oxidation sites excluding steroid dienone is 1. The summed E-state index contributed by atoms with van der Waals surface area (Å²) in [6, 6.07) is 0. The van der Waals surface area contributed by atoms with Gasteiger partial charge < -0.3 is 5.32 Å². The molecule has 0 saturated heterocycles. The highest BCUT2D eigenvalue weighted by molar-refractivity contribution is 4.90. The molecule has 1 N–H and O–H groups in total. The lowest BCUT2D eigenvalue weighted by Crippen LogP contribution is -2.06. The van der Waals surface area contributed by atoms with Gasteiger partial charge in [-0.25, -0.2) is 0 Å². The second kappa shape index (κ2) is 51.3. The summed E-state index contributed by atoms with van der Waals surface area (Å²) < 4.78 is 0. The Labute approximate surface area is 133 Å². The van der Waals surface area contributed by atoms with E-state index in [1.54, 1.807) is 0 Å². The maximum Gasteiger partial charge on any atom is 0.0141 e. The van der Waals surface area contributed by atoms with Gasteiger partial charge in [0.1, 0.15) is 0 Å². The quantitative estimate of drug-likeness (QED) is 0.524. The van der Waals surface area contributed by atoms with Gasteiger partial charge in [-0.1, -0.05) is 88.7 Å². The highest BCUT2D eigenvalue weighted by Crippen LogP contribution is 1.86. The monoisotopic (exact) mass is 291 g/mol. The minimum atomic E-state index is 0. The molecule has 0 aliphatic rings. The van der Waals surface area contributed by atoms with Gasteiger partial charge >= 0.3 is 0 Å². The standard InChI is InChI=1S/C8H17N.C4H10.3C2H6.CH4/c1-4-5-6-9-7-8(2)3;1-4(2)3;3*1-2;/h7,9H,4-6H2,1-3H3;4H,1-3H3;3*1-2H3;1H4. The minimum Gasteiger partial charge on any atom is -0.391 e. The lowest BCUT2D eigenvalue weighted by Gasteiger charge is -1.97. The number of nitrogens with one attached hydrogen (secondary N) is 1. The summed E-state index contributed by atoms with van der Waals surface area (Å²) in [4.78, 5) is 0. The summed E-state index contributed by atoms with van der Waals surface area (Å²) in [5, 5.41) is 3.22. The van der Waals surface area contributed by atoms with Crippen molar-refractivity contribution in [2.45, 2.75) is 103 Å². The van der Waals surface area contributed by atoms with Crippen LogP contribution in [0.1, 0.15) is 103 Å². The number of hydrogen-bond donors (Lipinski definition) is 1. The molecule has 0 aromatic heterocycles. The van der Waals surface area contributed by atoms with Gasteiger partial charge in [0.25, 0.3) is 0 Å². The fourth-order valence-corrected chi connectivity index (χ4v) is 0.555. The second-order valence-corrected chi connectivity index (χ2v) is 4.26. The molecule has 20 heavy (non-hydrogen) atoms. The highest BCUT2D eigenvalue weighted by Gasteiger charge is 1.78. The molecule has 0 aromatic carbocycles. The summed E-state index contributed by atoms with van der Waals surface area (Å²) in [6.45, 7) is 26.0. The van der Waals surface area contributed by atoms with Crippen LogP contribution in [0.25, 0.3) is 0 Å². The molecule has 1 heteroatoms. The van der Waals surface area contributed by atoms with Crippen molar-refractivity contribution in [2.24, 2.45) is 5.92 Å². The zero-order chi connectivity index (χ0) is 16.7. The number of rotatable bonds is 4. The van der Waals surface area contributed by atoms with Crippen LogP contribution in [0, 0.1) is 5.92 Å². The van der Waals surface area contributed by atoms with Gasteiger partial charge in [-0.2, -0.15) is 0 Å². The fourth-order valence-electron chi connectivity index (χ4n) is 0.555. The molecule has 1 nitrogen and oxygen atoms in total. The third kappa shape index (κ3) is 156. The largest absolute Gasteiger partial charge is 0.391 e. The molecule has 0 aromatic rings. The van der Waals surface area contributed by atoms with Gasteiger partial charge in [0, 0.05) is 6.54 Å². The Morgan fingerprint density at radius 3 is 1.40 bits per heavy atom. The molecule has 0 fully saturated rings. The molecule has 0 rings (SSSR count). The molecule has 0 radical (unpaired) electrons. The van der Waals surface area contributed by atoms with Gasteiger partial charge in [0.15, 0.2) is 0 Å². The SMILES string of the molecule is C.CC.CC.CC.CC(C)C.CCCCNC=C(C)C. The Morgan fingerprint density at radius 2 is 1.20 bits per heavy atom. The van der Waals surface area contributed by atoms with Crippen molar-refractivity contribution in [3.05, 3.63) is 11.8 Å². The summed E-state index contributed by atoms with van der Waals surface area (Å²) in [5.74, 6) is 0.833. The van der Waals surface area contributed by atoms with E-state index in [4.69, 9.17) is 0 Å². The maximum atomic E-state index is 3.22. The van der Waals surface area contributed by atoms with Crippen molar-refractivity contribution in [1.29, 1.82) is 0 Å². The van der Waals surface area contributed by atoms with Crippen LogP contribution in [0.5, 0.6) is 0 Å². The molecule has 0 aliphatic heterocycles. The lowest BCUT2D eigenvalue weighted by molar-refractivity contribution is 0.732. The second-order valence-electron chi connectivity index (χ2n) is 4.26. The van der Waals surface area contributed by atoms with Crippen LogP contribution in [0.2, 0.25) is 0 Å². The summed E-state index contributed by atoms with van der Waals surface area (Å²) >= 11 is 0. The smallest absolute Gasteiger partial charge is 0.0141 e. The topological polar surface area (TPSA) is 12.0 Å². The molecule has 130 valence electrons. The van der Waals surface area contributed by atoms with E-state index >= 15 is 0 Å². The van der Waals surface area contributed by atoms with Crippen molar-refractivity contribution < 1.29 is 0 Å². The molecule has 0 atom stereocenters. The summed E-state index contributed by atoms with van der Waals surface area (Å²) in [6.07, 6.45) is 4.60. The van der Waals surface area contributed by atoms with Crippen molar-refractivity contribution in [1.82, 2.24) is 5.32 Å². The third-order valence-electron chi connectivity index (χ3n) is 1.07. The van der Waals surface area contributed by atoms with E-state index in [0.29, 0.717) is 0 Å². The van der Waals surface area contributed by atoms with E-state index in [0.717, 1.165) is 12.5 Å². The molecule has 0 aliphatic carbocycles. The maximum absolute atomic E-state index is 3.22.